The van der Waals surface area contributed by atoms with Gasteiger partial charge in [-0.2, -0.15) is 10.4 Å². The van der Waals surface area contributed by atoms with Crippen molar-refractivity contribution in [2.45, 2.75) is 32.4 Å². The zero-order valence-corrected chi connectivity index (χ0v) is 18.1. The Balaban J connectivity index is 1.31. The first-order chi connectivity index (χ1) is 15.1. The van der Waals surface area contributed by atoms with Crippen LogP contribution < -0.4 is 10.1 Å². The molecule has 1 aromatic carbocycles. The molecule has 1 fully saturated rings. The molecule has 0 spiro atoms. The molecule has 1 atom stereocenters. The van der Waals surface area contributed by atoms with Gasteiger partial charge in [0.2, 0.25) is 0 Å². The van der Waals surface area contributed by atoms with Crippen LogP contribution in [0.3, 0.4) is 0 Å². The van der Waals surface area contributed by atoms with Crippen molar-refractivity contribution in [2.75, 3.05) is 11.9 Å². The number of halogens is 1. The van der Waals surface area contributed by atoms with E-state index in [0.717, 1.165) is 29.3 Å². The molecule has 4 rings (SSSR count). The molecule has 7 heteroatoms. The molecule has 6 nitrogen and oxygen atoms in total. The lowest BCUT2D eigenvalue weighted by Crippen LogP contribution is -2.12. The summed E-state index contributed by atoms with van der Waals surface area (Å²) in [4.78, 5) is 4.23. The monoisotopic (exact) mass is 433 g/mol. The van der Waals surface area contributed by atoms with Crippen LogP contribution in [0.2, 0.25) is 5.02 Å². The van der Waals surface area contributed by atoms with Gasteiger partial charge in [0.1, 0.15) is 17.6 Å². The van der Waals surface area contributed by atoms with E-state index in [9.17, 15) is 0 Å². The fraction of sp³-hybridized carbons (Fsp3) is 0.292. The summed E-state index contributed by atoms with van der Waals surface area (Å²) >= 11 is 6.45. The number of pyridine rings is 1. The van der Waals surface area contributed by atoms with Crippen molar-refractivity contribution < 1.29 is 4.74 Å². The van der Waals surface area contributed by atoms with Crippen molar-refractivity contribution in [3.63, 3.8) is 0 Å². The SMILES string of the molecule is C[C@@H](C=Cc1cnn(Cc2ccc(OCC3CC3)cc2Cl)c1)Nc1ccc(C#N)cn1. The van der Waals surface area contributed by atoms with Gasteiger partial charge in [0.15, 0.2) is 0 Å². The summed E-state index contributed by atoms with van der Waals surface area (Å²) in [6, 6.07) is 11.5. The molecule has 0 unspecified atom stereocenters. The van der Waals surface area contributed by atoms with Gasteiger partial charge in [-0.1, -0.05) is 29.8 Å². The normalized spacial score (nSPS) is 14.4. The molecule has 0 saturated heterocycles. The van der Waals surface area contributed by atoms with Gasteiger partial charge in [-0.05, 0) is 55.5 Å². The van der Waals surface area contributed by atoms with Crippen molar-refractivity contribution in [1.82, 2.24) is 14.8 Å². The number of nitriles is 1. The van der Waals surface area contributed by atoms with Crippen LogP contribution >= 0.6 is 11.6 Å². The Bertz CT molecular complexity index is 1100. The van der Waals surface area contributed by atoms with Gasteiger partial charge in [-0.25, -0.2) is 4.98 Å². The molecule has 1 aliphatic rings. The van der Waals surface area contributed by atoms with E-state index in [1.54, 1.807) is 18.3 Å². The molecular formula is C24H24ClN5O. The summed E-state index contributed by atoms with van der Waals surface area (Å²) < 4.78 is 7.65. The molecule has 0 bridgehead atoms. The van der Waals surface area contributed by atoms with Crippen LogP contribution in [0.1, 0.15) is 36.5 Å². The van der Waals surface area contributed by atoms with E-state index >= 15 is 0 Å². The zero-order valence-electron chi connectivity index (χ0n) is 17.3. The van der Waals surface area contributed by atoms with Gasteiger partial charge in [0.25, 0.3) is 0 Å². The molecule has 1 saturated carbocycles. The summed E-state index contributed by atoms with van der Waals surface area (Å²) in [5, 5.41) is 17.2. The molecule has 0 radical (unpaired) electrons. The fourth-order valence-electron chi connectivity index (χ4n) is 3.05. The number of nitrogens with zero attached hydrogens (tertiary/aromatic N) is 4. The average Bonchev–Trinajstić information content (AvgIpc) is 3.50. The number of anilines is 1. The highest BCUT2D eigenvalue weighted by molar-refractivity contribution is 6.31. The Morgan fingerprint density at radius 2 is 2.19 bits per heavy atom. The lowest BCUT2D eigenvalue weighted by molar-refractivity contribution is 0.299. The zero-order chi connectivity index (χ0) is 21.6. The van der Waals surface area contributed by atoms with Gasteiger partial charge in [-0.3, -0.25) is 4.68 Å². The molecule has 0 aliphatic heterocycles. The van der Waals surface area contributed by atoms with Crippen molar-refractivity contribution in [3.05, 3.63) is 76.7 Å². The Morgan fingerprint density at radius 1 is 1.32 bits per heavy atom. The number of ether oxygens (including phenoxy) is 1. The van der Waals surface area contributed by atoms with Crippen molar-refractivity contribution in [1.29, 1.82) is 5.26 Å². The third-order valence-electron chi connectivity index (χ3n) is 5.04. The van der Waals surface area contributed by atoms with E-state index in [0.29, 0.717) is 23.0 Å². The largest absolute Gasteiger partial charge is 0.493 e. The first kappa shape index (κ1) is 21.0. The predicted molar refractivity (Wildman–Crippen MR) is 122 cm³/mol. The quantitative estimate of drug-likeness (QED) is 0.504. The summed E-state index contributed by atoms with van der Waals surface area (Å²) in [6.07, 6.45) is 12.0. The van der Waals surface area contributed by atoms with Crippen LogP contribution in [-0.2, 0) is 6.54 Å². The molecule has 2 aromatic heterocycles. The molecular weight excluding hydrogens is 410 g/mol. The Kier molecular flexibility index (Phi) is 6.54. The van der Waals surface area contributed by atoms with Crippen molar-refractivity contribution in [2.24, 2.45) is 5.92 Å². The second-order valence-electron chi connectivity index (χ2n) is 7.81. The maximum atomic E-state index is 8.84. The maximum Gasteiger partial charge on any atom is 0.126 e. The fourth-order valence-corrected chi connectivity index (χ4v) is 3.28. The molecule has 3 aromatic rings. The molecule has 1 aliphatic carbocycles. The number of aromatic nitrogens is 3. The van der Waals surface area contributed by atoms with Crippen LogP contribution in [0.5, 0.6) is 5.75 Å². The predicted octanol–water partition coefficient (Wildman–Crippen LogP) is 5.15. The van der Waals surface area contributed by atoms with E-state index in [1.165, 1.54) is 12.8 Å². The standard InChI is InChI=1S/C24H24ClN5O/c1-17(29-24-9-6-19(11-26)12-27-24)2-3-20-13-28-30(14-20)15-21-7-8-22(10-23(21)25)31-16-18-4-5-18/h2-3,6-10,12-14,17-18H,4-5,15-16H2,1H3,(H,27,29)/t17-/m0/s1. The molecule has 0 amide bonds. The average molecular weight is 434 g/mol. The summed E-state index contributed by atoms with van der Waals surface area (Å²) in [5.74, 6) is 2.27. The number of nitrogens with one attached hydrogen (secondary N) is 1. The Morgan fingerprint density at radius 3 is 2.90 bits per heavy atom. The second kappa shape index (κ2) is 9.67. The van der Waals surface area contributed by atoms with Crippen LogP contribution in [-0.4, -0.2) is 27.4 Å². The van der Waals surface area contributed by atoms with E-state index in [4.69, 9.17) is 21.6 Å². The molecule has 2 heterocycles. The van der Waals surface area contributed by atoms with Crippen LogP contribution in [0, 0.1) is 17.2 Å². The summed E-state index contributed by atoms with van der Waals surface area (Å²) in [5.41, 5.74) is 2.55. The number of hydrogen-bond acceptors (Lipinski definition) is 5. The smallest absolute Gasteiger partial charge is 0.126 e. The molecule has 158 valence electrons. The van der Waals surface area contributed by atoms with E-state index < -0.39 is 0 Å². The van der Waals surface area contributed by atoms with Gasteiger partial charge in [-0.15, -0.1) is 0 Å². The highest BCUT2D eigenvalue weighted by atomic mass is 35.5. The second-order valence-corrected chi connectivity index (χ2v) is 8.22. The maximum absolute atomic E-state index is 8.84. The van der Waals surface area contributed by atoms with Crippen molar-refractivity contribution in [3.8, 4) is 11.8 Å². The number of rotatable bonds is 9. The minimum Gasteiger partial charge on any atom is -0.493 e. The minimum atomic E-state index is 0.0708. The lowest BCUT2D eigenvalue weighted by atomic mass is 10.2. The number of hydrogen-bond donors (Lipinski definition) is 1. The summed E-state index contributed by atoms with van der Waals surface area (Å²) in [7, 11) is 0. The first-order valence-corrected chi connectivity index (χ1v) is 10.7. The van der Waals surface area contributed by atoms with E-state index in [1.807, 2.05) is 54.4 Å². The third-order valence-corrected chi connectivity index (χ3v) is 5.39. The minimum absolute atomic E-state index is 0.0708. The topological polar surface area (TPSA) is 75.8 Å². The van der Waals surface area contributed by atoms with Gasteiger partial charge in [0, 0.05) is 29.0 Å². The lowest BCUT2D eigenvalue weighted by Gasteiger charge is -2.09. The highest BCUT2D eigenvalue weighted by Gasteiger charge is 2.22. The summed E-state index contributed by atoms with van der Waals surface area (Å²) in [6.45, 7) is 3.41. The van der Waals surface area contributed by atoms with Crippen LogP contribution in [0.4, 0.5) is 5.82 Å². The molecule has 1 N–H and O–H groups in total. The van der Waals surface area contributed by atoms with E-state index in [-0.39, 0.29) is 6.04 Å². The number of benzene rings is 1. The Labute approximate surface area is 187 Å². The van der Waals surface area contributed by atoms with Gasteiger partial charge >= 0.3 is 0 Å². The Hall–Kier alpha value is -3.30. The van der Waals surface area contributed by atoms with Crippen molar-refractivity contribution >= 4 is 23.5 Å². The van der Waals surface area contributed by atoms with Crippen LogP contribution in [0.25, 0.3) is 6.08 Å². The molecule has 31 heavy (non-hydrogen) atoms. The van der Waals surface area contributed by atoms with Crippen LogP contribution in [0.15, 0.2) is 55.0 Å². The van der Waals surface area contributed by atoms with E-state index in [2.05, 4.69) is 21.5 Å². The third kappa shape index (κ3) is 6.09. The van der Waals surface area contributed by atoms with Gasteiger partial charge < -0.3 is 10.1 Å². The van der Waals surface area contributed by atoms with Gasteiger partial charge in [0.05, 0.1) is 24.9 Å². The highest BCUT2D eigenvalue weighted by Crippen LogP contribution is 2.30. The first-order valence-electron chi connectivity index (χ1n) is 10.3.